The van der Waals surface area contributed by atoms with E-state index < -0.39 is 0 Å². The summed E-state index contributed by atoms with van der Waals surface area (Å²) >= 11 is 5.91. The van der Waals surface area contributed by atoms with Crippen LogP contribution in [0.1, 0.15) is 30.9 Å². The van der Waals surface area contributed by atoms with Gasteiger partial charge in [0, 0.05) is 5.88 Å². The van der Waals surface area contributed by atoms with E-state index in [0.717, 1.165) is 5.56 Å². The normalized spacial score (nSPS) is 27.8. The van der Waals surface area contributed by atoms with Crippen LogP contribution in [-0.4, -0.2) is 5.88 Å². The van der Waals surface area contributed by atoms with Gasteiger partial charge in [-0.2, -0.15) is 0 Å². The largest absolute Gasteiger partial charge is 0.207 e. The van der Waals surface area contributed by atoms with Crippen LogP contribution >= 0.6 is 11.6 Å². The number of hydrogen-bond donors (Lipinski definition) is 0. The SMILES string of the molecule is Cc1ccc(C2C(CCl)C2(C)C)cc1F. The van der Waals surface area contributed by atoms with Crippen LogP contribution in [-0.2, 0) is 0 Å². The van der Waals surface area contributed by atoms with E-state index in [-0.39, 0.29) is 11.2 Å². The van der Waals surface area contributed by atoms with Gasteiger partial charge >= 0.3 is 0 Å². The summed E-state index contributed by atoms with van der Waals surface area (Å²) in [6.45, 7) is 6.18. The Labute approximate surface area is 95.4 Å². The van der Waals surface area contributed by atoms with Crippen LogP contribution < -0.4 is 0 Å². The van der Waals surface area contributed by atoms with Crippen molar-refractivity contribution >= 4 is 11.6 Å². The second-order valence-corrected chi connectivity index (χ2v) is 5.38. The Morgan fingerprint density at radius 1 is 1.40 bits per heavy atom. The molecule has 1 aromatic carbocycles. The maximum absolute atomic E-state index is 13.4. The van der Waals surface area contributed by atoms with Crippen LogP contribution in [0.2, 0.25) is 0 Å². The van der Waals surface area contributed by atoms with Gasteiger partial charge in [0.15, 0.2) is 0 Å². The first-order valence-corrected chi connectivity index (χ1v) is 5.84. The first kappa shape index (κ1) is 10.9. The molecule has 0 N–H and O–H groups in total. The fraction of sp³-hybridized carbons (Fsp3) is 0.538. The number of halogens is 2. The van der Waals surface area contributed by atoms with E-state index in [2.05, 4.69) is 13.8 Å². The molecule has 2 heteroatoms. The quantitative estimate of drug-likeness (QED) is 0.666. The monoisotopic (exact) mass is 226 g/mol. The first-order valence-electron chi connectivity index (χ1n) is 5.30. The Kier molecular flexibility index (Phi) is 2.54. The summed E-state index contributed by atoms with van der Waals surface area (Å²) in [5.41, 5.74) is 2.03. The molecule has 2 unspecified atom stereocenters. The third-order valence-corrected chi connectivity index (χ3v) is 4.10. The summed E-state index contributed by atoms with van der Waals surface area (Å²) in [6.07, 6.45) is 0. The Balaban J connectivity index is 2.29. The number of benzene rings is 1. The molecule has 1 fully saturated rings. The predicted octanol–water partition coefficient (Wildman–Crippen LogP) is 4.11. The molecule has 0 aliphatic heterocycles. The van der Waals surface area contributed by atoms with Crippen LogP contribution in [0.4, 0.5) is 4.39 Å². The molecular formula is C13H16ClF. The van der Waals surface area contributed by atoms with E-state index in [1.807, 2.05) is 12.1 Å². The highest BCUT2D eigenvalue weighted by molar-refractivity contribution is 6.18. The van der Waals surface area contributed by atoms with E-state index in [4.69, 9.17) is 11.6 Å². The van der Waals surface area contributed by atoms with E-state index >= 15 is 0 Å². The summed E-state index contributed by atoms with van der Waals surface area (Å²) in [4.78, 5) is 0. The maximum atomic E-state index is 13.4. The third kappa shape index (κ3) is 1.67. The molecule has 15 heavy (non-hydrogen) atoms. The highest BCUT2D eigenvalue weighted by Gasteiger charge is 2.57. The molecule has 0 spiro atoms. The minimum atomic E-state index is -0.108. The minimum Gasteiger partial charge on any atom is -0.207 e. The number of hydrogen-bond acceptors (Lipinski definition) is 0. The van der Waals surface area contributed by atoms with Crippen molar-refractivity contribution in [3.8, 4) is 0 Å². The smallest absolute Gasteiger partial charge is 0.126 e. The van der Waals surface area contributed by atoms with Crippen molar-refractivity contribution in [2.24, 2.45) is 11.3 Å². The molecular weight excluding hydrogens is 211 g/mol. The molecule has 2 rings (SSSR count). The lowest BCUT2D eigenvalue weighted by Crippen LogP contribution is -1.92. The Morgan fingerprint density at radius 3 is 2.53 bits per heavy atom. The van der Waals surface area contributed by atoms with E-state index in [1.54, 1.807) is 13.0 Å². The number of rotatable bonds is 2. The summed E-state index contributed by atoms with van der Waals surface area (Å²) < 4.78 is 13.4. The van der Waals surface area contributed by atoms with E-state index in [0.29, 0.717) is 23.3 Å². The molecule has 1 saturated carbocycles. The minimum absolute atomic E-state index is 0.108. The zero-order chi connectivity index (χ0) is 11.2. The van der Waals surface area contributed by atoms with Crippen molar-refractivity contribution in [3.63, 3.8) is 0 Å². The standard InChI is InChI=1S/C13H16ClF/c1-8-4-5-9(6-11(8)15)12-10(7-14)13(12,2)3/h4-6,10,12H,7H2,1-3H3. The molecule has 2 atom stereocenters. The van der Waals surface area contributed by atoms with Crippen LogP contribution in [0.15, 0.2) is 18.2 Å². The molecule has 0 nitrogen and oxygen atoms in total. The summed E-state index contributed by atoms with van der Waals surface area (Å²) in [7, 11) is 0. The lowest BCUT2D eigenvalue weighted by molar-refractivity contribution is 0.575. The fourth-order valence-electron chi connectivity index (χ4n) is 2.50. The van der Waals surface area contributed by atoms with Gasteiger partial charge in [-0.05, 0) is 41.4 Å². The van der Waals surface area contributed by atoms with E-state index in [9.17, 15) is 4.39 Å². The van der Waals surface area contributed by atoms with E-state index in [1.165, 1.54) is 0 Å². The highest BCUT2D eigenvalue weighted by atomic mass is 35.5. The van der Waals surface area contributed by atoms with Gasteiger partial charge in [0.2, 0.25) is 0 Å². The van der Waals surface area contributed by atoms with Gasteiger partial charge in [0.05, 0.1) is 0 Å². The molecule has 0 heterocycles. The van der Waals surface area contributed by atoms with Crippen molar-refractivity contribution in [2.75, 3.05) is 5.88 Å². The zero-order valence-electron chi connectivity index (χ0n) is 9.35. The van der Waals surface area contributed by atoms with Gasteiger partial charge in [0.1, 0.15) is 5.82 Å². The topological polar surface area (TPSA) is 0 Å². The Bertz CT molecular complexity index is 384. The van der Waals surface area contributed by atoms with Crippen LogP contribution in [0.5, 0.6) is 0 Å². The summed E-state index contributed by atoms with van der Waals surface area (Å²) in [5.74, 6) is 1.46. The molecule has 82 valence electrons. The molecule has 1 aliphatic carbocycles. The second-order valence-electron chi connectivity index (χ2n) is 5.07. The lowest BCUT2D eigenvalue weighted by atomic mass is 10.0. The average Bonchev–Trinajstić information content (AvgIpc) is 2.73. The molecule has 0 aromatic heterocycles. The van der Waals surface area contributed by atoms with Gasteiger partial charge in [-0.25, -0.2) is 4.39 Å². The highest BCUT2D eigenvalue weighted by Crippen LogP contribution is 2.64. The molecule has 1 aromatic rings. The molecule has 0 amide bonds. The van der Waals surface area contributed by atoms with Crippen molar-refractivity contribution in [2.45, 2.75) is 26.7 Å². The van der Waals surface area contributed by atoms with Crippen LogP contribution in [0.25, 0.3) is 0 Å². The number of aryl methyl sites for hydroxylation is 1. The van der Waals surface area contributed by atoms with Gasteiger partial charge in [-0.15, -0.1) is 11.6 Å². The predicted molar refractivity (Wildman–Crippen MR) is 61.9 cm³/mol. The van der Waals surface area contributed by atoms with Gasteiger partial charge in [-0.3, -0.25) is 0 Å². The Hall–Kier alpha value is -0.560. The first-order chi connectivity index (χ1) is 6.98. The van der Waals surface area contributed by atoms with Gasteiger partial charge in [0.25, 0.3) is 0 Å². The molecule has 0 bridgehead atoms. The summed E-state index contributed by atoms with van der Waals surface area (Å²) in [6, 6.07) is 5.54. The summed E-state index contributed by atoms with van der Waals surface area (Å²) in [5, 5.41) is 0. The van der Waals surface area contributed by atoms with Crippen molar-refractivity contribution < 1.29 is 4.39 Å². The second kappa shape index (κ2) is 3.48. The molecule has 0 saturated heterocycles. The van der Waals surface area contributed by atoms with Crippen LogP contribution in [0, 0.1) is 24.1 Å². The fourth-order valence-corrected chi connectivity index (χ4v) is 3.07. The lowest BCUT2D eigenvalue weighted by Gasteiger charge is -2.04. The average molecular weight is 227 g/mol. The van der Waals surface area contributed by atoms with Gasteiger partial charge in [-0.1, -0.05) is 26.0 Å². The van der Waals surface area contributed by atoms with Gasteiger partial charge < -0.3 is 0 Å². The van der Waals surface area contributed by atoms with Crippen molar-refractivity contribution in [1.82, 2.24) is 0 Å². The van der Waals surface area contributed by atoms with Crippen molar-refractivity contribution in [3.05, 3.63) is 35.1 Å². The molecule has 0 radical (unpaired) electrons. The maximum Gasteiger partial charge on any atom is 0.126 e. The Morgan fingerprint density at radius 2 is 2.07 bits per heavy atom. The van der Waals surface area contributed by atoms with Crippen LogP contribution in [0.3, 0.4) is 0 Å². The molecule has 1 aliphatic rings. The number of alkyl halides is 1. The zero-order valence-corrected chi connectivity index (χ0v) is 10.1. The third-order valence-electron chi connectivity index (χ3n) is 3.77. The van der Waals surface area contributed by atoms with Crippen molar-refractivity contribution in [1.29, 1.82) is 0 Å².